The maximum atomic E-state index is 9.85. The lowest BCUT2D eigenvalue weighted by Crippen LogP contribution is -2.37. The molecule has 10 heteroatoms. The first-order valence-electron chi connectivity index (χ1n) is 12.2. The molecule has 3 fully saturated rings. The SMILES string of the molecule is C[C@@H](OC1CCC2NNC(c3cnc(N4CCC(O)CC4)c(C#N)c3)C2C1)c1c(Cl)cncc1Cl. The van der Waals surface area contributed by atoms with Crippen LogP contribution >= 0.6 is 23.2 Å². The number of hydrogen-bond donors (Lipinski definition) is 3. The third-order valence-electron chi connectivity index (χ3n) is 7.53. The van der Waals surface area contributed by atoms with E-state index in [9.17, 15) is 10.4 Å². The highest BCUT2D eigenvalue weighted by molar-refractivity contribution is 6.35. The van der Waals surface area contributed by atoms with Crippen LogP contribution in [0.4, 0.5) is 5.82 Å². The quantitative estimate of drug-likeness (QED) is 0.545. The number of aromatic nitrogens is 2. The zero-order valence-electron chi connectivity index (χ0n) is 19.6. The number of nitrogens with zero attached hydrogens (tertiary/aromatic N) is 4. The summed E-state index contributed by atoms with van der Waals surface area (Å²) in [7, 11) is 0. The predicted octanol–water partition coefficient (Wildman–Crippen LogP) is 4.08. The number of halogens is 2. The van der Waals surface area contributed by atoms with Gasteiger partial charge in [0.25, 0.3) is 0 Å². The fraction of sp³-hybridized carbons (Fsp3) is 0.560. The van der Waals surface area contributed by atoms with E-state index in [1.165, 1.54) is 0 Å². The summed E-state index contributed by atoms with van der Waals surface area (Å²) in [5.74, 6) is 1.00. The van der Waals surface area contributed by atoms with Crippen LogP contribution in [0.5, 0.6) is 0 Å². The molecule has 2 saturated heterocycles. The van der Waals surface area contributed by atoms with Crippen molar-refractivity contribution >= 4 is 29.0 Å². The van der Waals surface area contributed by atoms with Crippen LogP contribution in [0, 0.1) is 17.2 Å². The summed E-state index contributed by atoms with van der Waals surface area (Å²) < 4.78 is 6.44. The van der Waals surface area contributed by atoms with Crippen molar-refractivity contribution in [2.45, 2.75) is 69.4 Å². The Balaban J connectivity index is 1.30. The number of fused-ring (bicyclic) bond motifs is 1. The third kappa shape index (κ3) is 5.12. The van der Waals surface area contributed by atoms with Crippen LogP contribution in [-0.2, 0) is 4.74 Å². The van der Waals surface area contributed by atoms with Gasteiger partial charge < -0.3 is 14.7 Å². The van der Waals surface area contributed by atoms with Gasteiger partial charge >= 0.3 is 0 Å². The predicted molar refractivity (Wildman–Crippen MR) is 134 cm³/mol. The Morgan fingerprint density at radius 1 is 1.14 bits per heavy atom. The van der Waals surface area contributed by atoms with Gasteiger partial charge in [-0.05, 0) is 56.6 Å². The van der Waals surface area contributed by atoms with E-state index in [0.717, 1.165) is 30.4 Å². The van der Waals surface area contributed by atoms with E-state index in [4.69, 9.17) is 32.9 Å². The van der Waals surface area contributed by atoms with Gasteiger partial charge in [0.15, 0.2) is 0 Å². The Kier molecular flexibility index (Phi) is 7.44. The Bertz CT molecular complexity index is 1080. The number of aliphatic hydroxyl groups is 1. The van der Waals surface area contributed by atoms with Gasteiger partial charge in [-0.3, -0.25) is 10.4 Å². The third-order valence-corrected chi connectivity index (χ3v) is 8.13. The molecule has 5 rings (SSSR count). The Labute approximate surface area is 215 Å². The monoisotopic (exact) mass is 516 g/mol. The summed E-state index contributed by atoms with van der Waals surface area (Å²) in [6.45, 7) is 3.39. The van der Waals surface area contributed by atoms with E-state index in [0.29, 0.717) is 59.3 Å². The molecule has 4 heterocycles. The molecule has 0 radical (unpaired) electrons. The molecule has 0 bridgehead atoms. The fourth-order valence-electron chi connectivity index (χ4n) is 5.69. The molecule has 2 aromatic rings. The van der Waals surface area contributed by atoms with E-state index < -0.39 is 0 Å². The number of hydrogen-bond acceptors (Lipinski definition) is 8. The summed E-state index contributed by atoms with van der Waals surface area (Å²) >= 11 is 12.7. The summed E-state index contributed by atoms with van der Waals surface area (Å²) in [4.78, 5) is 10.8. The molecule has 8 nitrogen and oxygen atoms in total. The molecular formula is C25H30Cl2N6O2. The van der Waals surface area contributed by atoms with E-state index >= 15 is 0 Å². The number of piperidine rings is 1. The number of anilines is 1. The normalized spacial score (nSPS) is 27.9. The Morgan fingerprint density at radius 3 is 2.60 bits per heavy atom. The number of rotatable bonds is 5. The first-order chi connectivity index (χ1) is 16.9. The first kappa shape index (κ1) is 24.7. The van der Waals surface area contributed by atoms with Gasteiger partial charge in [0, 0.05) is 43.3 Å². The molecule has 0 amide bonds. The number of aliphatic hydroxyl groups excluding tert-OH is 1. The van der Waals surface area contributed by atoms with Gasteiger partial charge in [-0.15, -0.1) is 0 Å². The van der Waals surface area contributed by atoms with Crippen LogP contribution < -0.4 is 15.8 Å². The minimum absolute atomic E-state index is 0.0339. The minimum atomic E-state index is -0.267. The highest BCUT2D eigenvalue weighted by atomic mass is 35.5. The lowest BCUT2D eigenvalue weighted by molar-refractivity contribution is -0.0370. The molecule has 1 saturated carbocycles. The largest absolute Gasteiger partial charge is 0.393 e. The molecule has 35 heavy (non-hydrogen) atoms. The Morgan fingerprint density at radius 2 is 1.89 bits per heavy atom. The molecule has 0 aromatic carbocycles. The van der Waals surface area contributed by atoms with E-state index in [-0.39, 0.29) is 24.4 Å². The topological polar surface area (TPSA) is 106 Å². The molecule has 0 spiro atoms. The minimum Gasteiger partial charge on any atom is -0.393 e. The maximum absolute atomic E-state index is 9.85. The fourth-order valence-corrected chi connectivity index (χ4v) is 6.36. The average molecular weight is 517 g/mol. The van der Waals surface area contributed by atoms with Crippen molar-refractivity contribution in [2.75, 3.05) is 18.0 Å². The molecular weight excluding hydrogens is 487 g/mol. The number of hydrazine groups is 1. The second kappa shape index (κ2) is 10.6. The van der Waals surface area contributed by atoms with Crippen molar-refractivity contribution < 1.29 is 9.84 Å². The van der Waals surface area contributed by atoms with Crippen molar-refractivity contribution in [2.24, 2.45) is 5.92 Å². The van der Waals surface area contributed by atoms with E-state index in [2.05, 4.69) is 26.8 Å². The zero-order chi connectivity index (χ0) is 24.5. The van der Waals surface area contributed by atoms with Crippen LogP contribution in [0.3, 0.4) is 0 Å². The lowest BCUT2D eigenvalue weighted by atomic mass is 9.78. The zero-order valence-corrected chi connectivity index (χ0v) is 21.1. The van der Waals surface area contributed by atoms with Crippen LogP contribution in [0.1, 0.15) is 67.9 Å². The smallest absolute Gasteiger partial charge is 0.146 e. The number of nitrogens with one attached hydrogen (secondary N) is 2. The van der Waals surface area contributed by atoms with Crippen LogP contribution in [-0.4, -0.2) is 46.4 Å². The molecule has 5 atom stereocenters. The molecule has 1 aliphatic carbocycles. The highest BCUT2D eigenvalue weighted by Gasteiger charge is 2.42. The van der Waals surface area contributed by atoms with Crippen LogP contribution in [0.15, 0.2) is 24.7 Å². The molecule has 4 unspecified atom stereocenters. The van der Waals surface area contributed by atoms with Gasteiger partial charge in [0.05, 0.1) is 40.0 Å². The first-order valence-corrected chi connectivity index (χ1v) is 13.0. The number of pyridine rings is 2. The second-order valence-electron chi connectivity index (χ2n) is 9.74. The van der Waals surface area contributed by atoms with Gasteiger partial charge in [-0.2, -0.15) is 5.26 Å². The van der Waals surface area contributed by atoms with E-state index in [1.54, 1.807) is 12.4 Å². The van der Waals surface area contributed by atoms with Gasteiger partial charge in [0.1, 0.15) is 11.9 Å². The highest BCUT2D eigenvalue weighted by Crippen LogP contribution is 2.41. The molecule has 186 valence electrons. The van der Waals surface area contributed by atoms with E-state index in [1.807, 2.05) is 19.2 Å². The lowest BCUT2D eigenvalue weighted by Gasteiger charge is -2.35. The standard InChI is InChI=1S/C25H30Cl2N6O2/c1-14(23-20(26)12-29-13-21(23)27)35-18-2-3-22-19(9-18)24(32-31-22)16-8-15(10-28)25(30-11-16)33-6-4-17(34)5-7-33/h8,11-14,17-19,22,24,31-32,34H,2-7,9H2,1H3/t14-,18?,19?,22?,24?/m1/s1. The summed E-state index contributed by atoms with van der Waals surface area (Å²) in [6, 6.07) is 4.66. The van der Waals surface area contributed by atoms with Crippen molar-refractivity contribution in [3.05, 3.63) is 51.4 Å². The van der Waals surface area contributed by atoms with Crippen molar-refractivity contribution in [1.29, 1.82) is 5.26 Å². The number of ether oxygens (including phenoxy) is 1. The van der Waals surface area contributed by atoms with Crippen molar-refractivity contribution in [1.82, 2.24) is 20.8 Å². The summed E-state index contributed by atoms with van der Waals surface area (Å²) in [5, 5.41) is 20.7. The van der Waals surface area contributed by atoms with Crippen LogP contribution in [0.2, 0.25) is 10.0 Å². The average Bonchev–Trinajstić information content (AvgIpc) is 3.27. The molecule has 2 aromatic heterocycles. The van der Waals surface area contributed by atoms with Crippen LogP contribution in [0.25, 0.3) is 0 Å². The van der Waals surface area contributed by atoms with Crippen molar-refractivity contribution in [3.8, 4) is 6.07 Å². The Hall–Kier alpha value is -1.99. The van der Waals surface area contributed by atoms with Gasteiger partial charge in [-0.1, -0.05) is 23.2 Å². The van der Waals surface area contributed by atoms with Gasteiger partial charge in [-0.25, -0.2) is 10.4 Å². The molecule has 2 aliphatic heterocycles. The van der Waals surface area contributed by atoms with Gasteiger partial charge in [0.2, 0.25) is 0 Å². The maximum Gasteiger partial charge on any atom is 0.146 e. The summed E-state index contributed by atoms with van der Waals surface area (Å²) in [5.41, 5.74) is 9.23. The van der Waals surface area contributed by atoms with Crippen molar-refractivity contribution in [3.63, 3.8) is 0 Å². The molecule has 3 aliphatic rings. The number of nitriles is 1. The molecule has 3 N–H and O–H groups in total. The summed E-state index contributed by atoms with van der Waals surface area (Å²) in [6.07, 6.45) is 8.81. The second-order valence-corrected chi connectivity index (χ2v) is 10.6.